The van der Waals surface area contributed by atoms with E-state index in [4.69, 9.17) is 4.74 Å². The van der Waals surface area contributed by atoms with Crippen LogP contribution in [0.5, 0.6) is 0 Å². The lowest BCUT2D eigenvalue weighted by atomic mass is 9.96. The quantitative estimate of drug-likeness (QED) is 0.289. The van der Waals surface area contributed by atoms with Gasteiger partial charge in [-0.05, 0) is 37.8 Å². The number of rotatable bonds is 4. The van der Waals surface area contributed by atoms with E-state index >= 15 is 0 Å². The van der Waals surface area contributed by atoms with Crippen molar-refractivity contribution in [2.75, 3.05) is 12.9 Å². The highest BCUT2D eigenvalue weighted by Gasteiger charge is 2.30. The summed E-state index contributed by atoms with van der Waals surface area (Å²) < 4.78 is 5.11. The van der Waals surface area contributed by atoms with Crippen LogP contribution >= 0.6 is 11.8 Å². The molecule has 7 nitrogen and oxygen atoms in total. The Labute approximate surface area is 161 Å². The number of aliphatic imine (C=N–C) groups is 1. The van der Waals surface area contributed by atoms with E-state index in [2.05, 4.69) is 10.3 Å². The van der Waals surface area contributed by atoms with Crippen LogP contribution in [-0.4, -0.2) is 28.9 Å². The number of halogens is 1. The molecule has 1 aliphatic rings. The van der Waals surface area contributed by atoms with Crippen molar-refractivity contribution < 1.29 is 38.4 Å². The first-order valence-corrected chi connectivity index (χ1v) is 8.21. The molecule has 1 heterocycles. The van der Waals surface area contributed by atoms with Gasteiger partial charge in [0.05, 0.1) is 17.1 Å². The number of esters is 1. The van der Waals surface area contributed by atoms with Crippen molar-refractivity contribution in [2.45, 2.75) is 19.9 Å². The Morgan fingerprint density at radius 1 is 1.42 bits per heavy atom. The van der Waals surface area contributed by atoms with Gasteiger partial charge in [0, 0.05) is 17.8 Å². The normalized spacial score (nSPS) is 16.6. The van der Waals surface area contributed by atoms with Crippen LogP contribution < -0.4 is 29.3 Å². The van der Waals surface area contributed by atoms with Crippen LogP contribution in [0.3, 0.4) is 0 Å². The second-order valence-corrected chi connectivity index (χ2v) is 5.57. The number of hydrogen-bond donors (Lipinski definition) is 1. The molecule has 0 radical (unpaired) electrons. The standard InChI is InChI=1S/C15H17N3O4S.HI/c1-4-22-14(19)12-9(2)16-15(23-3)17-13(12)10-5-7-11(8-6-10)18(20)21;/h5-8,13H,4H2,1-3H3,(H,16,17);1H/p-1. The minimum atomic E-state index is -0.543. The molecule has 1 aliphatic heterocycles. The highest BCUT2D eigenvalue weighted by molar-refractivity contribution is 8.13. The van der Waals surface area contributed by atoms with E-state index in [0.717, 1.165) is 0 Å². The zero-order valence-electron chi connectivity index (χ0n) is 13.4. The van der Waals surface area contributed by atoms with Gasteiger partial charge in [0.1, 0.15) is 6.04 Å². The molecule has 9 heteroatoms. The first kappa shape index (κ1) is 20.4. The molecule has 0 saturated carbocycles. The molecule has 0 fully saturated rings. The molecule has 0 spiro atoms. The summed E-state index contributed by atoms with van der Waals surface area (Å²) in [5, 5.41) is 14.5. The number of carbonyl (C=O) groups excluding carboxylic acids is 1. The monoisotopic (exact) mass is 462 g/mol. The van der Waals surface area contributed by atoms with Crippen LogP contribution in [0.15, 0.2) is 40.5 Å². The van der Waals surface area contributed by atoms with E-state index in [1.165, 1.54) is 23.9 Å². The Balaban J connectivity index is 0.00000288. The van der Waals surface area contributed by atoms with E-state index in [-0.39, 0.29) is 36.3 Å². The Morgan fingerprint density at radius 3 is 2.54 bits per heavy atom. The summed E-state index contributed by atoms with van der Waals surface area (Å²) in [5.74, 6) is -0.440. The molecule has 0 bridgehead atoms. The molecule has 1 aromatic carbocycles. The van der Waals surface area contributed by atoms with E-state index in [1.807, 2.05) is 6.26 Å². The highest BCUT2D eigenvalue weighted by Crippen LogP contribution is 2.33. The molecule has 0 aliphatic carbocycles. The van der Waals surface area contributed by atoms with E-state index < -0.39 is 16.9 Å². The smallest absolute Gasteiger partial charge is 0.338 e. The maximum Gasteiger partial charge on any atom is 0.338 e. The zero-order valence-corrected chi connectivity index (χ0v) is 16.4. The zero-order chi connectivity index (χ0) is 17.0. The molecule has 1 N–H and O–H groups in total. The second-order valence-electron chi connectivity index (χ2n) is 4.77. The number of allylic oxidation sites excluding steroid dienone is 1. The lowest BCUT2D eigenvalue weighted by Gasteiger charge is -2.25. The fourth-order valence-corrected chi connectivity index (χ4v) is 2.71. The first-order chi connectivity index (χ1) is 11.0. The van der Waals surface area contributed by atoms with Gasteiger partial charge in [-0.2, -0.15) is 0 Å². The summed E-state index contributed by atoms with van der Waals surface area (Å²) >= 11 is 1.43. The van der Waals surface area contributed by atoms with Crippen molar-refractivity contribution >= 4 is 28.6 Å². The SMILES string of the molecule is CCOC(=O)C1=C(C)NC(SC)=NC1c1ccc([N+](=O)[O-])cc1.[I-]. The van der Waals surface area contributed by atoms with Crippen molar-refractivity contribution in [1.29, 1.82) is 0 Å². The number of thioether (sulfide) groups is 1. The third-order valence-corrected chi connectivity index (χ3v) is 3.92. The van der Waals surface area contributed by atoms with Gasteiger partial charge in [-0.15, -0.1) is 0 Å². The third kappa shape index (κ3) is 4.47. The Kier molecular flexibility index (Phi) is 7.67. The van der Waals surface area contributed by atoms with Gasteiger partial charge in [0.25, 0.3) is 5.69 Å². The van der Waals surface area contributed by atoms with Gasteiger partial charge < -0.3 is 34.0 Å². The summed E-state index contributed by atoms with van der Waals surface area (Å²) in [7, 11) is 0. The minimum Gasteiger partial charge on any atom is -1.00 e. The largest absolute Gasteiger partial charge is 1.00 e. The van der Waals surface area contributed by atoms with Gasteiger partial charge in [0.15, 0.2) is 5.17 Å². The van der Waals surface area contributed by atoms with E-state index in [0.29, 0.717) is 22.0 Å². The Bertz CT molecular complexity index is 688. The second kappa shape index (κ2) is 9.02. The average Bonchev–Trinajstić information content (AvgIpc) is 2.54. The summed E-state index contributed by atoms with van der Waals surface area (Å²) in [6.45, 7) is 3.79. The summed E-state index contributed by atoms with van der Waals surface area (Å²) in [6.07, 6.45) is 1.88. The number of nitrogens with zero attached hydrogens (tertiary/aromatic N) is 2. The number of nitro benzene ring substituents is 1. The van der Waals surface area contributed by atoms with Gasteiger partial charge in [0.2, 0.25) is 0 Å². The van der Waals surface area contributed by atoms with Crippen LogP contribution in [0.4, 0.5) is 5.69 Å². The fraction of sp³-hybridized carbons (Fsp3) is 0.333. The minimum absolute atomic E-state index is 0. The van der Waals surface area contributed by atoms with Gasteiger partial charge in [-0.1, -0.05) is 11.8 Å². The predicted octanol–water partition coefficient (Wildman–Crippen LogP) is -0.201. The van der Waals surface area contributed by atoms with E-state index in [9.17, 15) is 14.9 Å². The van der Waals surface area contributed by atoms with Crippen LogP contribution in [0.2, 0.25) is 0 Å². The lowest BCUT2D eigenvalue weighted by Crippen LogP contribution is -3.00. The number of benzene rings is 1. The van der Waals surface area contributed by atoms with Crippen LogP contribution in [0, 0.1) is 10.1 Å². The number of ether oxygens (including phenoxy) is 1. The molecular formula is C15H17IN3O4S-. The maximum atomic E-state index is 12.3. The lowest BCUT2D eigenvalue weighted by molar-refractivity contribution is -0.384. The molecule has 1 aromatic rings. The van der Waals surface area contributed by atoms with E-state index in [1.54, 1.807) is 26.0 Å². The van der Waals surface area contributed by atoms with Crippen LogP contribution in [0.1, 0.15) is 25.5 Å². The number of nitrogens with one attached hydrogen (secondary N) is 1. The summed E-state index contributed by atoms with van der Waals surface area (Å²) in [5.41, 5.74) is 1.78. The molecule has 130 valence electrons. The number of non-ortho nitro benzene ring substituents is 1. The average molecular weight is 462 g/mol. The van der Waals surface area contributed by atoms with Gasteiger partial charge in [-0.3, -0.25) is 10.1 Å². The third-order valence-electron chi connectivity index (χ3n) is 3.33. The van der Waals surface area contributed by atoms with Crippen molar-refractivity contribution in [3.05, 3.63) is 51.2 Å². The molecule has 0 aromatic heterocycles. The molecule has 1 atom stereocenters. The van der Waals surface area contributed by atoms with Crippen molar-refractivity contribution in [2.24, 2.45) is 4.99 Å². The first-order valence-electron chi connectivity index (χ1n) is 6.99. The fourth-order valence-electron chi connectivity index (χ4n) is 2.24. The van der Waals surface area contributed by atoms with Crippen molar-refractivity contribution in [3.8, 4) is 0 Å². The molecule has 0 amide bonds. The predicted molar refractivity (Wildman–Crippen MR) is 89.3 cm³/mol. The maximum absolute atomic E-state index is 12.3. The Hall–Kier alpha value is -1.62. The molecule has 1 unspecified atom stereocenters. The van der Waals surface area contributed by atoms with Crippen molar-refractivity contribution in [1.82, 2.24) is 5.32 Å². The molecule has 2 rings (SSSR count). The van der Waals surface area contributed by atoms with Gasteiger partial charge >= 0.3 is 5.97 Å². The molecule has 0 saturated heterocycles. The number of amidine groups is 1. The summed E-state index contributed by atoms with van der Waals surface area (Å²) in [4.78, 5) is 27.1. The van der Waals surface area contributed by atoms with Crippen LogP contribution in [-0.2, 0) is 9.53 Å². The number of hydrogen-bond acceptors (Lipinski definition) is 7. The topological polar surface area (TPSA) is 93.8 Å². The Morgan fingerprint density at radius 2 is 2.04 bits per heavy atom. The van der Waals surface area contributed by atoms with Crippen LogP contribution in [0.25, 0.3) is 0 Å². The number of nitro groups is 1. The molecule has 24 heavy (non-hydrogen) atoms. The van der Waals surface area contributed by atoms with Crippen molar-refractivity contribution in [3.63, 3.8) is 0 Å². The highest BCUT2D eigenvalue weighted by atomic mass is 127. The number of carbonyl (C=O) groups is 1. The van der Waals surface area contributed by atoms with Gasteiger partial charge in [-0.25, -0.2) is 9.79 Å². The molecular weight excluding hydrogens is 445 g/mol. The summed E-state index contributed by atoms with van der Waals surface area (Å²) in [6, 6.07) is 5.50.